The molecule has 138 valence electrons. The molecular formula is C16H7ClF3N4O3-. The first-order valence-electron chi connectivity index (χ1n) is 7.18. The molecule has 0 radical (unpaired) electrons. The Bertz CT molecular complexity index is 1030. The third-order valence-electron chi connectivity index (χ3n) is 3.41. The topological polar surface area (TPSA) is 101 Å². The van der Waals surface area contributed by atoms with E-state index in [4.69, 9.17) is 11.6 Å². The van der Waals surface area contributed by atoms with Crippen LogP contribution in [0.15, 0.2) is 42.7 Å². The molecule has 0 saturated carbocycles. The minimum atomic E-state index is -4.65. The molecule has 3 heterocycles. The molecule has 0 saturated heterocycles. The molecule has 0 N–H and O–H groups in total. The lowest BCUT2D eigenvalue weighted by Crippen LogP contribution is -2.25. The number of halogens is 4. The van der Waals surface area contributed by atoms with Crippen molar-refractivity contribution in [1.82, 2.24) is 19.7 Å². The van der Waals surface area contributed by atoms with E-state index in [1.54, 1.807) is 0 Å². The van der Waals surface area contributed by atoms with E-state index in [0.29, 0.717) is 6.07 Å². The van der Waals surface area contributed by atoms with E-state index in [-0.39, 0.29) is 22.1 Å². The number of aromatic carboxylic acids is 1. The Kier molecular flexibility index (Phi) is 4.66. The Morgan fingerprint density at radius 1 is 1.15 bits per heavy atom. The molecule has 3 rings (SSSR count). The van der Waals surface area contributed by atoms with Crippen LogP contribution in [0.25, 0.3) is 5.82 Å². The van der Waals surface area contributed by atoms with Crippen LogP contribution in [0.5, 0.6) is 0 Å². The number of nitrogens with zero attached hydrogens (tertiary/aromatic N) is 4. The average Bonchev–Trinajstić information content (AvgIpc) is 3.06. The van der Waals surface area contributed by atoms with Crippen LogP contribution >= 0.6 is 11.6 Å². The zero-order valence-electron chi connectivity index (χ0n) is 13.1. The van der Waals surface area contributed by atoms with Crippen LogP contribution in [0.2, 0.25) is 5.02 Å². The van der Waals surface area contributed by atoms with Gasteiger partial charge in [-0.2, -0.15) is 18.3 Å². The number of rotatable bonds is 4. The number of carbonyl (C=O) groups excluding carboxylic acids is 2. The molecule has 0 bridgehead atoms. The Labute approximate surface area is 154 Å². The second-order valence-electron chi connectivity index (χ2n) is 5.18. The van der Waals surface area contributed by atoms with Crippen LogP contribution in [0.3, 0.4) is 0 Å². The lowest BCUT2D eigenvalue weighted by atomic mass is 10.1. The fourth-order valence-electron chi connectivity index (χ4n) is 2.18. The summed E-state index contributed by atoms with van der Waals surface area (Å²) in [5.74, 6) is -2.53. The number of ketones is 1. The number of aromatic nitrogens is 4. The van der Waals surface area contributed by atoms with Crippen molar-refractivity contribution in [2.45, 2.75) is 6.18 Å². The Morgan fingerprint density at radius 3 is 2.44 bits per heavy atom. The first kappa shape index (κ1) is 18.5. The highest BCUT2D eigenvalue weighted by Gasteiger charge is 2.32. The van der Waals surface area contributed by atoms with Gasteiger partial charge >= 0.3 is 6.18 Å². The van der Waals surface area contributed by atoms with Gasteiger partial charge in [0.25, 0.3) is 0 Å². The van der Waals surface area contributed by atoms with Crippen molar-refractivity contribution in [1.29, 1.82) is 0 Å². The van der Waals surface area contributed by atoms with E-state index < -0.39 is 29.3 Å². The number of carboxylic acid groups (broad SMARTS) is 1. The minimum absolute atomic E-state index is 0.0528. The maximum Gasteiger partial charge on any atom is 0.433 e. The Balaban J connectivity index is 2.03. The molecule has 0 fully saturated rings. The predicted molar refractivity (Wildman–Crippen MR) is 83.4 cm³/mol. The van der Waals surface area contributed by atoms with Crippen molar-refractivity contribution in [3.05, 3.63) is 70.4 Å². The zero-order chi connectivity index (χ0) is 19.8. The number of carboxylic acids is 1. The number of hydrogen-bond acceptors (Lipinski definition) is 6. The molecule has 0 spiro atoms. The molecule has 27 heavy (non-hydrogen) atoms. The van der Waals surface area contributed by atoms with Crippen molar-refractivity contribution >= 4 is 23.4 Å². The van der Waals surface area contributed by atoms with Crippen molar-refractivity contribution in [2.24, 2.45) is 0 Å². The van der Waals surface area contributed by atoms with Crippen LogP contribution in [0, 0.1) is 0 Å². The van der Waals surface area contributed by atoms with Gasteiger partial charge in [0.15, 0.2) is 5.82 Å². The smallest absolute Gasteiger partial charge is 0.433 e. The van der Waals surface area contributed by atoms with Gasteiger partial charge in [0.1, 0.15) is 11.4 Å². The molecule has 0 atom stereocenters. The molecule has 0 amide bonds. The molecule has 0 aliphatic rings. The van der Waals surface area contributed by atoms with Crippen LogP contribution < -0.4 is 5.11 Å². The molecule has 3 aromatic heterocycles. The van der Waals surface area contributed by atoms with Gasteiger partial charge in [-0.05, 0) is 30.3 Å². The SMILES string of the molecule is O=C(c1ccc(C(F)(F)F)nc1)c1cc(C(=O)[O-])n(-c2ncccc2Cl)n1. The first-order valence-corrected chi connectivity index (χ1v) is 7.56. The lowest BCUT2D eigenvalue weighted by molar-refractivity contribution is -0.255. The predicted octanol–water partition coefficient (Wildman–Crippen LogP) is 1.93. The molecular weight excluding hydrogens is 389 g/mol. The fourth-order valence-corrected chi connectivity index (χ4v) is 2.38. The van der Waals surface area contributed by atoms with Crippen molar-refractivity contribution in [3.8, 4) is 5.82 Å². The summed E-state index contributed by atoms with van der Waals surface area (Å²) in [4.78, 5) is 30.9. The summed E-state index contributed by atoms with van der Waals surface area (Å²) in [6.45, 7) is 0. The summed E-state index contributed by atoms with van der Waals surface area (Å²) < 4.78 is 38.5. The van der Waals surface area contributed by atoms with E-state index in [2.05, 4.69) is 15.1 Å². The minimum Gasteiger partial charge on any atom is -0.543 e. The lowest BCUT2D eigenvalue weighted by Gasteiger charge is -2.07. The van der Waals surface area contributed by atoms with Gasteiger partial charge in [-0.15, -0.1) is 0 Å². The highest BCUT2D eigenvalue weighted by atomic mass is 35.5. The van der Waals surface area contributed by atoms with E-state index in [9.17, 15) is 27.9 Å². The maximum absolute atomic E-state index is 12.6. The van der Waals surface area contributed by atoms with E-state index in [0.717, 1.165) is 23.0 Å². The van der Waals surface area contributed by atoms with Crippen LogP contribution in [-0.4, -0.2) is 31.5 Å². The molecule has 11 heteroatoms. The standard InChI is InChI=1S/C16H8ClF3N4O3/c17-9-2-1-5-21-14(9)24-11(15(26)27)6-10(23-24)13(25)8-3-4-12(22-7-8)16(18,19)20/h1-7H,(H,26,27)/p-1. The molecule has 3 aromatic rings. The molecule has 7 nitrogen and oxygen atoms in total. The van der Waals surface area contributed by atoms with Crippen LogP contribution in [0.1, 0.15) is 32.2 Å². The molecule has 0 aliphatic heterocycles. The fraction of sp³-hybridized carbons (Fsp3) is 0.0625. The van der Waals surface area contributed by atoms with E-state index in [1.807, 2.05) is 0 Å². The summed E-state index contributed by atoms with van der Waals surface area (Å²) in [5.41, 5.74) is -2.22. The van der Waals surface area contributed by atoms with Gasteiger partial charge in [0.2, 0.25) is 5.78 Å². The third-order valence-corrected chi connectivity index (χ3v) is 3.70. The normalized spacial score (nSPS) is 11.4. The van der Waals surface area contributed by atoms with E-state index in [1.165, 1.54) is 18.3 Å². The quantitative estimate of drug-likeness (QED) is 0.626. The second kappa shape index (κ2) is 6.80. The van der Waals surface area contributed by atoms with Gasteiger partial charge in [-0.1, -0.05) is 11.6 Å². The second-order valence-corrected chi connectivity index (χ2v) is 5.59. The highest BCUT2D eigenvalue weighted by molar-refractivity contribution is 6.32. The molecule has 0 aromatic carbocycles. The number of hydrogen-bond donors (Lipinski definition) is 0. The summed E-state index contributed by atoms with van der Waals surface area (Å²) in [7, 11) is 0. The van der Waals surface area contributed by atoms with Gasteiger partial charge < -0.3 is 9.90 Å². The van der Waals surface area contributed by atoms with Gasteiger partial charge in [-0.3, -0.25) is 9.78 Å². The largest absolute Gasteiger partial charge is 0.543 e. The average molecular weight is 396 g/mol. The van der Waals surface area contributed by atoms with Gasteiger partial charge in [-0.25, -0.2) is 9.67 Å². The summed E-state index contributed by atoms with van der Waals surface area (Å²) in [6, 6.07) is 5.42. The van der Waals surface area contributed by atoms with Crippen molar-refractivity contribution in [2.75, 3.05) is 0 Å². The number of pyridine rings is 2. The van der Waals surface area contributed by atoms with Crippen LogP contribution in [-0.2, 0) is 6.18 Å². The third kappa shape index (κ3) is 3.65. The van der Waals surface area contributed by atoms with E-state index >= 15 is 0 Å². The van der Waals surface area contributed by atoms with Crippen molar-refractivity contribution in [3.63, 3.8) is 0 Å². The van der Waals surface area contributed by atoms with Gasteiger partial charge in [0.05, 0.1) is 16.7 Å². The van der Waals surface area contributed by atoms with Crippen molar-refractivity contribution < 1.29 is 27.9 Å². The Morgan fingerprint density at radius 2 is 1.89 bits per heavy atom. The molecule has 0 unspecified atom stereocenters. The maximum atomic E-state index is 12.6. The highest BCUT2D eigenvalue weighted by Crippen LogP contribution is 2.27. The van der Waals surface area contributed by atoms with Gasteiger partial charge in [0, 0.05) is 18.0 Å². The van der Waals surface area contributed by atoms with Crippen LogP contribution in [0.4, 0.5) is 13.2 Å². The summed E-state index contributed by atoms with van der Waals surface area (Å²) in [6.07, 6.45) is -2.58. The number of alkyl halides is 3. The molecule has 0 aliphatic carbocycles. The Hall–Kier alpha value is -3.27. The summed E-state index contributed by atoms with van der Waals surface area (Å²) in [5, 5.41) is 15.3. The zero-order valence-corrected chi connectivity index (χ0v) is 13.8. The first-order chi connectivity index (χ1) is 12.7. The summed E-state index contributed by atoms with van der Waals surface area (Å²) >= 11 is 5.96. The number of carbonyl (C=O) groups is 2. The monoisotopic (exact) mass is 395 g/mol.